The van der Waals surface area contributed by atoms with Crippen molar-refractivity contribution < 1.29 is 19.4 Å². The van der Waals surface area contributed by atoms with Crippen LogP contribution < -0.4 is 10.1 Å². The zero-order chi connectivity index (χ0) is 27.9. The molecular weight excluding hydrogens is 492 g/mol. The van der Waals surface area contributed by atoms with Crippen molar-refractivity contribution in [3.05, 3.63) is 71.5 Å². The predicted molar refractivity (Wildman–Crippen MR) is 153 cm³/mol. The van der Waals surface area contributed by atoms with E-state index in [1.54, 1.807) is 14.2 Å². The Morgan fingerprint density at radius 3 is 2.33 bits per heavy atom. The Labute approximate surface area is 231 Å². The van der Waals surface area contributed by atoms with Crippen molar-refractivity contribution in [2.75, 3.05) is 26.0 Å². The van der Waals surface area contributed by atoms with Gasteiger partial charge in [-0.2, -0.15) is 5.10 Å². The molecule has 1 unspecified atom stereocenters. The van der Waals surface area contributed by atoms with Gasteiger partial charge in [-0.25, -0.2) is 4.68 Å². The molecule has 1 aliphatic carbocycles. The highest BCUT2D eigenvalue weighted by atomic mass is 16.5. The average Bonchev–Trinajstić information content (AvgIpc) is 3.40. The highest BCUT2D eigenvalue weighted by Gasteiger charge is 2.30. The molecular formula is C31H40N4O4. The maximum Gasteiger partial charge on any atom is 0.305 e. The van der Waals surface area contributed by atoms with Crippen molar-refractivity contribution in [1.29, 1.82) is 0 Å². The molecule has 1 amide bonds. The number of ether oxygens (including phenoxy) is 1. The number of hydrogen-bond acceptors (Lipinski definition) is 5. The first-order valence-corrected chi connectivity index (χ1v) is 13.8. The fourth-order valence-corrected chi connectivity index (χ4v) is 5.35. The minimum Gasteiger partial charge on any atom is -0.497 e. The Kier molecular flexibility index (Phi) is 9.28. The predicted octanol–water partition coefficient (Wildman–Crippen LogP) is 6.28. The SMILES string of the molecule is COc1ccc(-n2cc(C(Nc3ccc(C(=O)N(C)CCC(=O)O)cc3)C3CCCCC3)c(C(C)C)n2)cc1. The fourth-order valence-electron chi connectivity index (χ4n) is 5.35. The van der Waals surface area contributed by atoms with Crippen LogP contribution in [0.4, 0.5) is 5.69 Å². The lowest BCUT2D eigenvalue weighted by molar-refractivity contribution is -0.137. The van der Waals surface area contributed by atoms with Crippen LogP contribution in [0.5, 0.6) is 5.75 Å². The Morgan fingerprint density at radius 1 is 1.08 bits per heavy atom. The van der Waals surface area contributed by atoms with Crippen LogP contribution in [0.1, 0.15) is 85.9 Å². The molecule has 208 valence electrons. The van der Waals surface area contributed by atoms with E-state index in [9.17, 15) is 9.59 Å². The van der Waals surface area contributed by atoms with Crippen LogP contribution in [-0.4, -0.2) is 52.4 Å². The van der Waals surface area contributed by atoms with E-state index in [0.717, 1.165) is 35.7 Å². The van der Waals surface area contributed by atoms with Crippen LogP contribution >= 0.6 is 0 Å². The van der Waals surface area contributed by atoms with Gasteiger partial charge in [0.1, 0.15) is 5.75 Å². The second kappa shape index (κ2) is 12.8. The highest BCUT2D eigenvalue weighted by Crippen LogP contribution is 2.39. The summed E-state index contributed by atoms with van der Waals surface area (Å²) in [7, 11) is 3.29. The molecule has 0 aliphatic heterocycles. The molecule has 39 heavy (non-hydrogen) atoms. The number of carboxylic acid groups (broad SMARTS) is 1. The second-order valence-corrected chi connectivity index (χ2v) is 10.7. The Hall–Kier alpha value is -3.81. The minimum atomic E-state index is -0.918. The maximum absolute atomic E-state index is 12.8. The average molecular weight is 533 g/mol. The number of benzene rings is 2. The first-order chi connectivity index (χ1) is 18.8. The minimum absolute atomic E-state index is 0.0761. The molecule has 8 nitrogen and oxygen atoms in total. The number of methoxy groups -OCH3 is 1. The van der Waals surface area contributed by atoms with Crippen LogP contribution in [0.25, 0.3) is 5.69 Å². The zero-order valence-corrected chi connectivity index (χ0v) is 23.4. The number of nitrogens with zero attached hydrogens (tertiary/aromatic N) is 3. The summed E-state index contributed by atoms with van der Waals surface area (Å²) in [6.45, 7) is 4.54. The second-order valence-electron chi connectivity index (χ2n) is 10.7. The van der Waals surface area contributed by atoms with Crippen LogP contribution in [0, 0.1) is 5.92 Å². The molecule has 2 N–H and O–H groups in total. The van der Waals surface area contributed by atoms with Crippen molar-refractivity contribution in [2.45, 2.75) is 64.3 Å². The number of carboxylic acids is 1. The smallest absolute Gasteiger partial charge is 0.305 e. The summed E-state index contributed by atoms with van der Waals surface area (Å²) in [4.78, 5) is 25.1. The Balaban J connectivity index is 1.61. The van der Waals surface area contributed by atoms with Crippen molar-refractivity contribution in [3.8, 4) is 11.4 Å². The molecule has 0 bridgehead atoms. The molecule has 1 aliphatic rings. The molecule has 3 aromatic rings. The summed E-state index contributed by atoms with van der Waals surface area (Å²) in [5.41, 5.74) is 4.77. The van der Waals surface area contributed by atoms with Gasteiger partial charge in [-0.3, -0.25) is 9.59 Å². The number of hydrogen-bond donors (Lipinski definition) is 2. The van der Waals surface area contributed by atoms with Crippen molar-refractivity contribution in [3.63, 3.8) is 0 Å². The van der Waals surface area contributed by atoms with Gasteiger partial charge in [-0.1, -0.05) is 33.1 Å². The van der Waals surface area contributed by atoms with E-state index in [1.807, 2.05) is 53.2 Å². The van der Waals surface area contributed by atoms with Crippen molar-refractivity contribution >= 4 is 17.6 Å². The topological polar surface area (TPSA) is 96.7 Å². The lowest BCUT2D eigenvalue weighted by Crippen LogP contribution is -2.29. The number of anilines is 1. The molecule has 8 heteroatoms. The number of nitrogens with one attached hydrogen (secondary N) is 1. The van der Waals surface area contributed by atoms with E-state index < -0.39 is 5.97 Å². The third-order valence-corrected chi connectivity index (χ3v) is 7.57. The third-order valence-electron chi connectivity index (χ3n) is 7.57. The molecule has 1 atom stereocenters. The summed E-state index contributed by atoms with van der Waals surface area (Å²) in [6, 6.07) is 15.5. The van der Waals surface area contributed by atoms with Gasteiger partial charge in [0.25, 0.3) is 5.91 Å². The van der Waals surface area contributed by atoms with Gasteiger partial charge >= 0.3 is 5.97 Å². The Morgan fingerprint density at radius 2 is 1.74 bits per heavy atom. The number of rotatable bonds is 11. The summed E-state index contributed by atoms with van der Waals surface area (Å²) in [5, 5.41) is 17.7. The molecule has 1 aromatic heterocycles. The van der Waals surface area contributed by atoms with Gasteiger partial charge in [0.15, 0.2) is 0 Å². The third kappa shape index (κ3) is 6.99. The lowest BCUT2D eigenvalue weighted by Gasteiger charge is -2.32. The van der Waals surface area contributed by atoms with Gasteiger partial charge in [-0.05, 0) is 73.2 Å². The van der Waals surface area contributed by atoms with Crippen LogP contribution in [0.3, 0.4) is 0 Å². The number of carbonyl (C=O) groups is 2. The van der Waals surface area contributed by atoms with Gasteiger partial charge in [0, 0.05) is 36.6 Å². The largest absolute Gasteiger partial charge is 0.497 e. The molecule has 0 saturated heterocycles. The molecule has 0 radical (unpaired) electrons. The summed E-state index contributed by atoms with van der Waals surface area (Å²) >= 11 is 0. The molecule has 1 fully saturated rings. The summed E-state index contributed by atoms with van der Waals surface area (Å²) in [5.74, 6) is 0.447. The maximum atomic E-state index is 12.8. The van der Waals surface area contributed by atoms with E-state index >= 15 is 0 Å². The molecule has 1 saturated carbocycles. The zero-order valence-electron chi connectivity index (χ0n) is 23.4. The first kappa shape index (κ1) is 28.2. The molecule has 1 heterocycles. The number of amides is 1. The van der Waals surface area contributed by atoms with Crippen molar-refractivity contribution in [2.24, 2.45) is 5.92 Å². The number of carbonyl (C=O) groups excluding carboxylic acids is 1. The highest BCUT2D eigenvalue weighted by molar-refractivity contribution is 5.94. The van der Waals surface area contributed by atoms with E-state index in [1.165, 1.54) is 29.7 Å². The van der Waals surface area contributed by atoms with Crippen LogP contribution in [0.15, 0.2) is 54.7 Å². The lowest BCUT2D eigenvalue weighted by atomic mass is 9.80. The van der Waals surface area contributed by atoms with Gasteiger partial charge in [0.05, 0.1) is 31.0 Å². The van der Waals surface area contributed by atoms with Crippen molar-refractivity contribution in [1.82, 2.24) is 14.7 Å². The van der Waals surface area contributed by atoms with Crippen LogP contribution in [0.2, 0.25) is 0 Å². The Bertz CT molecular complexity index is 1240. The van der Waals surface area contributed by atoms with Gasteiger partial charge < -0.3 is 20.1 Å². The fraction of sp³-hybridized carbons (Fsp3) is 0.452. The monoisotopic (exact) mass is 532 g/mol. The normalized spacial score (nSPS) is 14.7. The van der Waals surface area contributed by atoms with E-state index in [2.05, 4.69) is 25.4 Å². The van der Waals surface area contributed by atoms with Crippen LogP contribution in [-0.2, 0) is 4.79 Å². The molecule has 2 aromatic carbocycles. The van der Waals surface area contributed by atoms with E-state index in [-0.39, 0.29) is 30.8 Å². The van der Waals surface area contributed by atoms with Gasteiger partial charge in [0.2, 0.25) is 0 Å². The summed E-state index contributed by atoms with van der Waals surface area (Å²) < 4.78 is 7.30. The number of aromatic nitrogens is 2. The van der Waals surface area contributed by atoms with E-state index in [0.29, 0.717) is 11.5 Å². The molecule has 4 rings (SSSR count). The first-order valence-electron chi connectivity index (χ1n) is 13.8. The summed E-state index contributed by atoms with van der Waals surface area (Å²) in [6.07, 6.45) is 8.14. The quantitative estimate of drug-likeness (QED) is 0.302. The van der Waals surface area contributed by atoms with Gasteiger partial charge in [-0.15, -0.1) is 0 Å². The van der Waals surface area contributed by atoms with E-state index in [4.69, 9.17) is 14.9 Å². The molecule has 0 spiro atoms. The standard InChI is InChI=1S/C31H40N4O4/c1-21(2)29-27(20-35(33-29)25-14-16-26(39-4)17-15-25)30(22-8-6-5-7-9-22)32-24-12-10-23(11-13-24)31(38)34(3)19-18-28(36)37/h10-17,20-22,30,32H,5-9,18-19H2,1-4H3,(H,36,37). The number of aliphatic carboxylic acids is 1.